The third kappa shape index (κ3) is 8.32. The lowest BCUT2D eigenvalue weighted by atomic mass is 9.86. The molecule has 2 aromatic carbocycles. The molecule has 1 atom stereocenters. The van der Waals surface area contributed by atoms with Gasteiger partial charge in [-0.3, -0.25) is 9.69 Å². The zero-order valence-electron chi connectivity index (χ0n) is 23.2. The van der Waals surface area contributed by atoms with E-state index < -0.39 is 5.60 Å². The second-order valence-corrected chi connectivity index (χ2v) is 12.0. The monoisotopic (exact) mass is 559 g/mol. The molecule has 2 aliphatic rings. The van der Waals surface area contributed by atoms with Crippen LogP contribution in [-0.4, -0.2) is 59.2 Å². The zero-order chi connectivity index (χ0) is 28.2. The van der Waals surface area contributed by atoms with Crippen LogP contribution in [0.3, 0.4) is 0 Å². The van der Waals surface area contributed by atoms with Gasteiger partial charge in [0.05, 0.1) is 6.10 Å². The van der Waals surface area contributed by atoms with E-state index in [4.69, 9.17) is 21.1 Å². The number of ether oxygens (including phenoxy) is 2. The fraction of sp³-hybridized carbons (Fsp3) is 0.533. The highest BCUT2D eigenvalue weighted by Crippen LogP contribution is 2.30. The van der Waals surface area contributed by atoms with Gasteiger partial charge >= 0.3 is 6.09 Å². The van der Waals surface area contributed by atoms with Crippen molar-refractivity contribution < 1.29 is 23.5 Å². The van der Waals surface area contributed by atoms with Crippen LogP contribution >= 0.6 is 11.6 Å². The summed E-state index contributed by atoms with van der Waals surface area (Å²) in [5.74, 6) is 0.271. The summed E-state index contributed by atoms with van der Waals surface area (Å²) in [6.07, 6.45) is 2.76. The van der Waals surface area contributed by atoms with Gasteiger partial charge in [0.25, 0.3) is 0 Å². The van der Waals surface area contributed by atoms with Crippen molar-refractivity contribution in [3.8, 4) is 5.75 Å². The molecule has 9 heteroatoms. The maximum atomic E-state index is 13.1. The van der Waals surface area contributed by atoms with Crippen LogP contribution in [0.15, 0.2) is 42.5 Å². The van der Waals surface area contributed by atoms with Crippen molar-refractivity contribution in [3.63, 3.8) is 0 Å². The van der Waals surface area contributed by atoms with E-state index in [2.05, 4.69) is 10.2 Å². The number of nitrogens with zero attached hydrogens (tertiary/aromatic N) is 2. The van der Waals surface area contributed by atoms with Crippen LogP contribution in [0.1, 0.15) is 58.9 Å². The molecule has 0 radical (unpaired) electrons. The van der Waals surface area contributed by atoms with Crippen molar-refractivity contribution in [1.29, 1.82) is 0 Å². The van der Waals surface area contributed by atoms with E-state index in [1.54, 1.807) is 23.1 Å². The lowest BCUT2D eigenvalue weighted by Gasteiger charge is -2.40. The zero-order valence-corrected chi connectivity index (χ0v) is 24.0. The van der Waals surface area contributed by atoms with E-state index >= 15 is 0 Å². The Morgan fingerprint density at radius 3 is 2.36 bits per heavy atom. The number of halogens is 2. The van der Waals surface area contributed by atoms with Gasteiger partial charge in [-0.2, -0.15) is 0 Å². The van der Waals surface area contributed by atoms with Crippen LogP contribution in [0.5, 0.6) is 5.75 Å². The molecule has 212 valence electrons. The average molecular weight is 560 g/mol. The Kier molecular flexibility index (Phi) is 9.39. The van der Waals surface area contributed by atoms with Gasteiger partial charge in [0.2, 0.25) is 5.91 Å². The highest BCUT2D eigenvalue weighted by Gasteiger charge is 2.31. The number of amides is 2. The molecule has 0 aromatic heterocycles. The molecule has 2 aromatic rings. The molecular weight excluding hydrogens is 521 g/mol. The Bertz CT molecular complexity index is 1150. The van der Waals surface area contributed by atoms with Crippen molar-refractivity contribution in [2.24, 2.45) is 5.92 Å². The topological polar surface area (TPSA) is 71.1 Å². The molecule has 1 saturated heterocycles. The number of nitrogens with one attached hydrogen (secondary N) is 1. The van der Waals surface area contributed by atoms with Gasteiger partial charge in [0, 0.05) is 48.8 Å². The van der Waals surface area contributed by atoms with Gasteiger partial charge in [-0.25, -0.2) is 9.18 Å². The van der Waals surface area contributed by atoms with Crippen LogP contribution in [0.4, 0.5) is 14.9 Å². The highest BCUT2D eigenvalue weighted by molar-refractivity contribution is 6.31. The third-order valence-corrected chi connectivity index (χ3v) is 7.57. The number of piperazine rings is 1. The maximum absolute atomic E-state index is 13.1. The van der Waals surface area contributed by atoms with Crippen molar-refractivity contribution >= 4 is 29.3 Å². The summed E-state index contributed by atoms with van der Waals surface area (Å²) in [7, 11) is 0. The molecule has 7 nitrogen and oxygen atoms in total. The first kappa shape index (κ1) is 29.2. The molecule has 0 unspecified atom stereocenters. The number of hydrogen-bond donors (Lipinski definition) is 1. The summed E-state index contributed by atoms with van der Waals surface area (Å²) in [6.45, 7) is 10.4. The number of carbonyl (C=O) groups excluding carboxylic acids is 2. The minimum absolute atomic E-state index is 0.00821. The van der Waals surface area contributed by atoms with E-state index in [1.165, 1.54) is 12.1 Å². The number of rotatable bonds is 6. The van der Waals surface area contributed by atoms with Gasteiger partial charge in [0.1, 0.15) is 17.2 Å². The van der Waals surface area contributed by atoms with Gasteiger partial charge in [-0.05, 0) is 95.3 Å². The van der Waals surface area contributed by atoms with Gasteiger partial charge in [0.15, 0.2) is 0 Å². The fourth-order valence-electron chi connectivity index (χ4n) is 5.16. The SMILES string of the molecule is C[C@H]1CN(Cc2ccc(NC(=O)C3CCC(Oc4ccc(F)cc4)CC3)cc2Cl)CCN1C(=O)OC(C)(C)C. The molecule has 2 fully saturated rings. The van der Waals surface area contributed by atoms with Crippen LogP contribution < -0.4 is 10.1 Å². The van der Waals surface area contributed by atoms with Crippen molar-refractivity contribution in [3.05, 3.63) is 58.9 Å². The quantitative estimate of drug-likeness (QED) is 0.437. The van der Waals surface area contributed by atoms with Crippen LogP contribution in [0.2, 0.25) is 5.02 Å². The molecule has 1 saturated carbocycles. The summed E-state index contributed by atoms with van der Waals surface area (Å²) >= 11 is 6.61. The van der Waals surface area contributed by atoms with Crippen molar-refractivity contribution in [2.75, 3.05) is 25.0 Å². The molecule has 1 aliphatic carbocycles. The molecular formula is C30H39ClFN3O4. The van der Waals surface area contributed by atoms with Crippen molar-refractivity contribution in [2.45, 2.75) is 77.7 Å². The first-order chi connectivity index (χ1) is 18.5. The van der Waals surface area contributed by atoms with E-state index in [0.717, 1.165) is 44.3 Å². The summed E-state index contributed by atoms with van der Waals surface area (Å²) in [5, 5.41) is 3.62. The molecule has 39 heavy (non-hydrogen) atoms. The largest absolute Gasteiger partial charge is 0.490 e. The lowest BCUT2D eigenvalue weighted by Crippen LogP contribution is -2.54. The second-order valence-electron chi connectivity index (χ2n) is 11.6. The number of carbonyl (C=O) groups is 2. The molecule has 1 aliphatic heterocycles. The van der Waals surface area contributed by atoms with Gasteiger partial charge < -0.3 is 19.7 Å². The number of benzene rings is 2. The summed E-state index contributed by atoms with van der Waals surface area (Å²) in [6, 6.07) is 11.7. The molecule has 0 spiro atoms. The first-order valence-electron chi connectivity index (χ1n) is 13.7. The fourth-order valence-corrected chi connectivity index (χ4v) is 5.40. The Morgan fingerprint density at radius 2 is 1.74 bits per heavy atom. The third-order valence-electron chi connectivity index (χ3n) is 7.22. The predicted octanol–water partition coefficient (Wildman–Crippen LogP) is 6.50. The lowest BCUT2D eigenvalue weighted by molar-refractivity contribution is -0.121. The standard InChI is InChI=1S/C30H39ClFN3O4/c1-20-18-34(15-16-35(20)29(37)39-30(2,3)4)19-22-5-10-24(17-27(22)31)33-28(36)21-6-11-25(12-7-21)38-26-13-8-23(32)9-14-26/h5,8-10,13-14,17,20-21,25H,6-7,11-12,15-16,18-19H2,1-4H3,(H,33,36)/t20-,21?,25?/m0/s1. The molecule has 2 amide bonds. The Morgan fingerprint density at radius 1 is 1.05 bits per heavy atom. The Hall–Kier alpha value is -2.84. The van der Waals surface area contributed by atoms with Gasteiger partial charge in [-0.1, -0.05) is 17.7 Å². The summed E-state index contributed by atoms with van der Waals surface area (Å²) < 4.78 is 24.6. The van der Waals surface area contributed by atoms with E-state index in [1.807, 2.05) is 39.8 Å². The second kappa shape index (κ2) is 12.6. The molecule has 0 bridgehead atoms. The average Bonchev–Trinajstić information content (AvgIpc) is 2.86. The smallest absolute Gasteiger partial charge is 0.410 e. The van der Waals surface area contributed by atoms with Gasteiger partial charge in [-0.15, -0.1) is 0 Å². The Labute approximate surface area is 235 Å². The maximum Gasteiger partial charge on any atom is 0.410 e. The normalized spacial score (nSPS) is 22.3. The highest BCUT2D eigenvalue weighted by atomic mass is 35.5. The number of anilines is 1. The number of hydrogen-bond acceptors (Lipinski definition) is 5. The Balaban J connectivity index is 1.24. The van der Waals surface area contributed by atoms with Crippen LogP contribution in [0, 0.1) is 11.7 Å². The van der Waals surface area contributed by atoms with Crippen LogP contribution in [0.25, 0.3) is 0 Å². The minimum Gasteiger partial charge on any atom is -0.490 e. The van der Waals surface area contributed by atoms with E-state index in [9.17, 15) is 14.0 Å². The molecule has 1 heterocycles. The molecule has 4 rings (SSSR count). The van der Waals surface area contributed by atoms with E-state index in [0.29, 0.717) is 29.5 Å². The van der Waals surface area contributed by atoms with E-state index in [-0.39, 0.29) is 35.9 Å². The summed E-state index contributed by atoms with van der Waals surface area (Å²) in [4.78, 5) is 29.5. The van der Waals surface area contributed by atoms with Crippen molar-refractivity contribution in [1.82, 2.24) is 9.80 Å². The minimum atomic E-state index is -0.516. The van der Waals surface area contributed by atoms with Crippen LogP contribution in [-0.2, 0) is 16.1 Å². The molecule has 1 N–H and O–H groups in total. The summed E-state index contributed by atoms with van der Waals surface area (Å²) in [5.41, 5.74) is 1.14. The first-order valence-corrected chi connectivity index (χ1v) is 14.1. The predicted molar refractivity (Wildman–Crippen MR) is 151 cm³/mol.